The van der Waals surface area contributed by atoms with Crippen molar-refractivity contribution < 1.29 is 14.3 Å². The summed E-state index contributed by atoms with van der Waals surface area (Å²) >= 11 is 0. The Morgan fingerprint density at radius 1 is 1.24 bits per heavy atom. The standard InChI is InChI=1S/C27H30N4O3/c1-27(2,3)13-12-20-10-11-24-23(15-20)31(4)25(32)22(18-34-24)30-26(33)29-17-21(16-28)14-19-8-6-5-7-9-19/h5-11,15-17,22,28H,14,18H2,1-4H3,(H2,29,30,33)/b21-17-,28-16?/t22-/m0/s1. The SMILES string of the molecule is CN1C(=O)[C@@H](NC(=O)N/C=C(\C=N)Cc2ccccc2)COc2ccc(C#CC(C)(C)C)cc21. The first kappa shape index (κ1) is 24.6. The molecule has 34 heavy (non-hydrogen) atoms. The third-order valence-electron chi connectivity index (χ3n) is 5.07. The molecule has 3 rings (SSSR count). The summed E-state index contributed by atoms with van der Waals surface area (Å²) in [5, 5.41) is 12.9. The van der Waals surface area contributed by atoms with E-state index in [-0.39, 0.29) is 17.9 Å². The molecule has 2 aromatic carbocycles. The summed E-state index contributed by atoms with van der Waals surface area (Å²) in [6.45, 7) is 6.10. The molecule has 1 aliphatic rings. The highest BCUT2D eigenvalue weighted by molar-refractivity contribution is 6.00. The van der Waals surface area contributed by atoms with Gasteiger partial charge in [-0.2, -0.15) is 0 Å². The number of hydrogen-bond donors (Lipinski definition) is 3. The monoisotopic (exact) mass is 458 g/mol. The number of carbonyl (C=O) groups is 2. The summed E-state index contributed by atoms with van der Waals surface area (Å²) in [4.78, 5) is 27.0. The van der Waals surface area contributed by atoms with E-state index in [1.807, 2.05) is 63.2 Å². The Morgan fingerprint density at radius 2 is 1.97 bits per heavy atom. The molecular weight excluding hydrogens is 428 g/mol. The minimum atomic E-state index is -0.868. The van der Waals surface area contributed by atoms with Gasteiger partial charge in [-0.15, -0.1) is 0 Å². The number of carbonyl (C=O) groups excluding carboxylic acids is 2. The van der Waals surface area contributed by atoms with E-state index >= 15 is 0 Å². The highest BCUT2D eigenvalue weighted by Crippen LogP contribution is 2.31. The summed E-state index contributed by atoms with van der Waals surface area (Å²) in [7, 11) is 1.65. The number of hydrogen-bond acceptors (Lipinski definition) is 4. The molecule has 1 atom stereocenters. The zero-order valence-corrected chi connectivity index (χ0v) is 19.9. The van der Waals surface area contributed by atoms with Crippen molar-refractivity contribution >= 4 is 23.8 Å². The first-order valence-corrected chi connectivity index (χ1v) is 11.0. The van der Waals surface area contributed by atoms with E-state index in [1.165, 1.54) is 17.3 Å². The number of ether oxygens (including phenoxy) is 1. The number of amides is 3. The summed E-state index contributed by atoms with van der Waals surface area (Å²) in [5.41, 5.74) is 2.89. The molecule has 0 bridgehead atoms. The molecule has 0 spiro atoms. The van der Waals surface area contributed by atoms with Crippen LogP contribution in [0.25, 0.3) is 0 Å². The predicted molar refractivity (Wildman–Crippen MR) is 134 cm³/mol. The maximum Gasteiger partial charge on any atom is 0.319 e. The van der Waals surface area contributed by atoms with E-state index in [9.17, 15) is 9.59 Å². The molecule has 1 aliphatic heterocycles. The topological polar surface area (TPSA) is 94.5 Å². The number of rotatable bonds is 5. The van der Waals surface area contributed by atoms with Crippen molar-refractivity contribution in [1.82, 2.24) is 10.6 Å². The molecule has 2 aromatic rings. The molecule has 7 heteroatoms. The lowest BCUT2D eigenvalue weighted by atomic mass is 9.97. The van der Waals surface area contributed by atoms with Gasteiger partial charge < -0.3 is 25.7 Å². The number of nitrogens with one attached hydrogen (secondary N) is 3. The highest BCUT2D eigenvalue weighted by Gasteiger charge is 2.30. The van der Waals surface area contributed by atoms with Crippen molar-refractivity contribution in [3.05, 3.63) is 71.4 Å². The minimum Gasteiger partial charge on any atom is -0.489 e. The quantitative estimate of drug-likeness (QED) is 0.469. The van der Waals surface area contributed by atoms with Crippen LogP contribution in [0.15, 0.2) is 60.3 Å². The van der Waals surface area contributed by atoms with Crippen LogP contribution in [0.4, 0.5) is 10.5 Å². The lowest BCUT2D eigenvalue weighted by Crippen LogP contribution is -2.51. The molecule has 0 aromatic heterocycles. The predicted octanol–water partition coefficient (Wildman–Crippen LogP) is 3.88. The van der Waals surface area contributed by atoms with E-state index in [1.54, 1.807) is 13.1 Å². The summed E-state index contributed by atoms with van der Waals surface area (Å²) in [5.74, 6) is 6.58. The molecule has 0 saturated heterocycles. The molecule has 176 valence electrons. The van der Waals surface area contributed by atoms with Crippen LogP contribution in [0.1, 0.15) is 31.9 Å². The summed E-state index contributed by atoms with van der Waals surface area (Å²) in [6.07, 6.45) is 3.17. The molecule has 7 nitrogen and oxygen atoms in total. The third-order valence-corrected chi connectivity index (χ3v) is 5.07. The van der Waals surface area contributed by atoms with Crippen LogP contribution < -0.4 is 20.3 Å². The number of likely N-dealkylation sites (N-methyl/N-ethyl adjacent to an activating group) is 1. The van der Waals surface area contributed by atoms with Crippen LogP contribution >= 0.6 is 0 Å². The second-order valence-electron chi connectivity index (χ2n) is 9.09. The van der Waals surface area contributed by atoms with Gasteiger partial charge in [-0.1, -0.05) is 42.2 Å². The van der Waals surface area contributed by atoms with E-state index in [2.05, 4.69) is 22.5 Å². The molecule has 0 fully saturated rings. The molecule has 0 unspecified atom stereocenters. The molecule has 0 saturated carbocycles. The normalized spacial score (nSPS) is 15.8. The fourth-order valence-corrected chi connectivity index (χ4v) is 3.27. The fraction of sp³-hybridized carbons (Fsp3) is 0.296. The molecule has 0 radical (unpaired) electrons. The minimum absolute atomic E-state index is 0.00175. The van der Waals surface area contributed by atoms with Crippen molar-refractivity contribution in [3.8, 4) is 17.6 Å². The van der Waals surface area contributed by atoms with Gasteiger partial charge >= 0.3 is 6.03 Å². The first-order chi connectivity index (χ1) is 16.2. The Kier molecular flexibility index (Phi) is 7.75. The highest BCUT2D eigenvalue weighted by atomic mass is 16.5. The van der Waals surface area contributed by atoms with Crippen molar-refractivity contribution in [2.24, 2.45) is 5.41 Å². The van der Waals surface area contributed by atoms with Crippen LogP contribution in [0, 0.1) is 22.7 Å². The van der Waals surface area contributed by atoms with Gasteiger partial charge in [-0.3, -0.25) is 4.79 Å². The molecule has 3 amide bonds. The van der Waals surface area contributed by atoms with Crippen molar-refractivity contribution in [1.29, 1.82) is 5.41 Å². The average molecular weight is 459 g/mol. The van der Waals surface area contributed by atoms with E-state index in [0.717, 1.165) is 11.1 Å². The Labute approximate surface area is 200 Å². The van der Waals surface area contributed by atoms with Crippen molar-refractivity contribution in [3.63, 3.8) is 0 Å². The van der Waals surface area contributed by atoms with Crippen molar-refractivity contribution in [2.75, 3.05) is 18.6 Å². The average Bonchev–Trinajstić information content (AvgIpc) is 2.92. The zero-order valence-electron chi connectivity index (χ0n) is 19.9. The van der Waals surface area contributed by atoms with Crippen LogP contribution in [0.3, 0.4) is 0 Å². The number of fused-ring (bicyclic) bond motifs is 1. The van der Waals surface area contributed by atoms with Gasteiger partial charge in [-0.05, 0) is 50.1 Å². The van der Waals surface area contributed by atoms with Crippen LogP contribution in [0.5, 0.6) is 5.75 Å². The third kappa shape index (κ3) is 6.72. The van der Waals surface area contributed by atoms with Gasteiger partial charge in [0.2, 0.25) is 0 Å². The van der Waals surface area contributed by atoms with E-state index in [0.29, 0.717) is 23.4 Å². The Balaban J connectivity index is 1.66. The smallest absolute Gasteiger partial charge is 0.319 e. The number of urea groups is 1. The van der Waals surface area contributed by atoms with Crippen LogP contribution in [0.2, 0.25) is 0 Å². The van der Waals surface area contributed by atoms with E-state index < -0.39 is 12.1 Å². The Bertz CT molecular complexity index is 1150. The zero-order chi connectivity index (χ0) is 24.7. The molecule has 0 aliphatic carbocycles. The Morgan fingerprint density at radius 3 is 2.65 bits per heavy atom. The number of allylic oxidation sites excluding steroid dienone is 1. The summed E-state index contributed by atoms with van der Waals surface area (Å²) < 4.78 is 5.82. The number of benzene rings is 2. The second kappa shape index (κ2) is 10.7. The van der Waals surface area contributed by atoms with Crippen molar-refractivity contribution in [2.45, 2.75) is 33.2 Å². The van der Waals surface area contributed by atoms with Crippen LogP contribution in [-0.4, -0.2) is 37.8 Å². The number of anilines is 1. The lowest BCUT2D eigenvalue weighted by molar-refractivity contribution is -0.120. The first-order valence-electron chi connectivity index (χ1n) is 11.0. The maximum absolute atomic E-state index is 13.0. The summed E-state index contributed by atoms with van der Waals surface area (Å²) in [6, 6.07) is 13.7. The van der Waals surface area contributed by atoms with Gasteiger partial charge in [-0.25, -0.2) is 4.79 Å². The molecule has 1 heterocycles. The van der Waals surface area contributed by atoms with Gasteiger partial charge in [0.05, 0.1) is 5.69 Å². The van der Waals surface area contributed by atoms with Gasteiger partial charge in [0.15, 0.2) is 0 Å². The van der Waals surface area contributed by atoms with Gasteiger partial charge in [0, 0.05) is 36.9 Å². The fourth-order valence-electron chi connectivity index (χ4n) is 3.27. The second-order valence-corrected chi connectivity index (χ2v) is 9.09. The number of nitrogens with zero attached hydrogens (tertiary/aromatic N) is 1. The Hall–Kier alpha value is -4.05. The lowest BCUT2D eigenvalue weighted by Gasteiger charge is -2.20. The maximum atomic E-state index is 13.0. The van der Waals surface area contributed by atoms with E-state index in [4.69, 9.17) is 10.1 Å². The van der Waals surface area contributed by atoms with Gasteiger partial charge in [0.1, 0.15) is 18.4 Å². The molecule has 3 N–H and O–H groups in total. The molecular formula is C27H30N4O3. The van der Waals surface area contributed by atoms with Crippen LogP contribution in [-0.2, 0) is 11.2 Å². The van der Waals surface area contributed by atoms with Gasteiger partial charge in [0.25, 0.3) is 5.91 Å². The largest absolute Gasteiger partial charge is 0.489 e.